The lowest BCUT2D eigenvalue weighted by molar-refractivity contribution is 1.25. The van der Waals surface area contributed by atoms with E-state index in [-0.39, 0.29) is 0 Å². The molecule has 20 heavy (non-hydrogen) atoms. The van der Waals surface area contributed by atoms with Crippen LogP contribution in [0.2, 0.25) is 0 Å². The SMILES string of the molecule is Cc1ccc(-c2ccccc2Sc2ccccc2)nc1. The van der Waals surface area contributed by atoms with Crippen molar-refractivity contribution in [2.24, 2.45) is 0 Å². The summed E-state index contributed by atoms with van der Waals surface area (Å²) in [5.41, 5.74) is 3.39. The Labute approximate surface area is 123 Å². The van der Waals surface area contributed by atoms with E-state index >= 15 is 0 Å². The second kappa shape index (κ2) is 5.93. The van der Waals surface area contributed by atoms with E-state index in [1.807, 2.05) is 12.3 Å². The second-order valence-electron chi connectivity index (χ2n) is 4.63. The average Bonchev–Trinajstić information content (AvgIpc) is 2.50. The first-order valence-electron chi connectivity index (χ1n) is 6.58. The molecule has 0 amide bonds. The van der Waals surface area contributed by atoms with Crippen molar-refractivity contribution in [3.8, 4) is 11.3 Å². The molecule has 0 saturated heterocycles. The maximum Gasteiger partial charge on any atom is 0.0713 e. The molecule has 0 aliphatic rings. The van der Waals surface area contributed by atoms with Crippen LogP contribution >= 0.6 is 11.8 Å². The van der Waals surface area contributed by atoms with Crippen LogP contribution in [0.3, 0.4) is 0 Å². The highest BCUT2D eigenvalue weighted by molar-refractivity contribution is 7.99. The molecule has 2 aromatic carbocycles. The first-order valence-corrected chi connectivity index (χ1v) is 7.39. The van der Waals surface area contributed by atoms with Crippen molar-refractivity contribution in [3.63, 3.8) is 0 Å². The van der Waals surface area contributed by atoms with Gasteiger partial charge >= 0.3 is 0 Å². The molecule has 1 heterocycles. The summed E-state index contributed by atoms with van der Waals surface area (Å²) in [5, 5.41) is 0. The zero-order valence-electron chi connectivity index (χ0n) is 11.3. The van der Waals surface area contributed by atoms with Gasteiger partial charge in [0.05, 0.1) is 5.69 Å². The second-order valence-corrected chi connectivity index (χ2v) is 5.75. The lowest BCUT2D eigenvalue weighted by Crippen LogP contribution is -1.86. The van der Waals surface area contributed by atoms with Gasteiger partial charge in [-0.1, -0.05) is 54.2 Å². The van der Waals surface area contributed by atoms with Gasteiger partial charge in [0, 0.05) is 21.6 Å². The monoisotopic (exact) mass is 277 g/mol. The van der Waals surface area contributed by atoms with Crippen molar-refractivity contribution in [1.82, 2.24) is 4.98 Å². The van der Waals surface area contributed by atoms with Crippen LogP contribution in [-0.2, 0) is 0 Å². The van der Waals surface area contributed by atoms with E-state index in [9.17, 15) is 0 Å². The molecule has 1 aromatic heterocycles. The van der Waals surface area contributed by atoms with Crippen LogP contribution in [0, 0.1) is 6.92 Å². The molecule has 3 rings (SSSR count). The van der Waals surface area contributed by atoms with Crippen LogP contribution in [-0.4, -0.2) is 4.98 Å². The van der Waals surface area contributed by atoms with Gasteiger partial charge in [0.1, 0.15) is 0 Å². The minimum absolute atomic E-state index is 1.02. The fourth-order valence-electron chi connectivity index (χ4n) is 2.01. The third-order valence-corrected chi connectivity index (χ3v) is 4.13. The van der Waals surface area contributed by atoms with Crippen molar-refractivity contribution < 1.29 is 0 Å². The first kappa shape index (κ1) is 12.9. The van der Waals surface area contributed by atoms with Gasteiger partial charge in [0.2, 0.25) is 0 Å². The molecule has 98 valence electrons. The van der Waals surface area contributed by atoms with Crippen LogP contribution in [0.4, 0.5) is 0 Å². The molecule has 0 bridgehead atoms. The van der Waals surface area contributed by atoms with Gasteiger partial charge in [-0.05, 0) is 36.8 Å². The van der Waals surface area contributed by atoms with Crippen molar-refractivity contribution in [3.05, 3.63) is 78.5 Å². The molecule has 3 aromatic rings. The molecule has 0 fully saturated rings. The summed E-state index contributed by atoms with van der Waals surface area (Å²) in [6.45, 7) is 2.06. The number of aryl methyl sites for hydroxylation is 1. The van der Waals surface area contributed by atoms with E-state index in [0.717, 1.165) is 5.69 Å². The number of hydrogen-bond acceptors (Lipinski definition) is 2. The summed E-state index contributed by atoms with van der Waals surface area (Å²) in [4.78, 5) is 7.01. The minimum atomic E-state index is 1.02. The molecule has 0 aliphatic heterocycles. The number of rotatable bonds is 3. The molecule has 2 heteroatoms. The smallest absolute Gasteiger partial charge is 0.0713 e. The van der Waals surface area contributed by atoms with E-state index in [0.29, 0.717) is 0 Å². The Morgan fingerprint density at radius 2 is 1.55 bits per heavy atom. The van der Waals surface area contributed by atoms with Crippen LogP contribution in [0.15, 0.2) is 82.7 Å². The third kappa shape index (κ3) is 2.91. The Morgan fingerprint density at radius 3 is 2.30 bits per heavy atom. The largest absolute Gasteiger partial charge is 0.256 e. The lowest BCUT2D eigenvalue weighted by Gasteiger charge is -2.08. The molecule has 0 aliphatic carbocycles. The molecule has 0 radical (unpaired) electrons. The lowest BCUT2D eigenvalue weighted by atomic mass is 10.1. The summed E-state index contributed by atoms with van der Waals surface area (Å²) in [6, 6.07) is 23.0. The Bertz CT molecular complexity index is 690. The summed E-state index contributed by atoms with van der Waals surface area (Å²) in [7, 11) is 0. The number of nitrogens with zero attached hydrogens (tertiary/aromatic N) is 1. The molecular weight excluding hydrogens is 262 g/mol. The van der Waals surface area contributed by atoms with Gasteiger partial charge in [-0.15, -0.1) is 0 Å². The van der Waals surface area contributed by atoms with E-state index in [1.165, 1.54) is 20.9 Å². The number of pyridine rings is 1. The molecular formula is C18H15NS. The zero-order chi connectivity index (χ0) is 13.8. The Morgan fingerprint density at radius 1 is 0.800 bits per heavy atom. The average molecular weight is 277 g/mol. The predicted molar refractivity (Wildman–Crippen MR) is 85.0 cm³/mol. The number of benzene rings is 2. The number of aromatic nitrogens is 1. The summed E-state index contributed by atoms with van der Waals surface area (Å²) in [5.74, 6) is 0. The van der Waals surface area contributed by atoms with Gasteiger partial charge in [-0.25, -0.2) is 0 Å². The maximum absolute atomic E-state index is 4.54. The minimum Gasteiger partial charge on any atom is -0.256 e. The van der Waals surface area contributed by atoms with E-state index < -0.39 is 0 Å². The topological polar surface area (TPSA) is 12.9 Å². The van der Waals surface area contributed by atoms with Crippen molar-refractivity contribution in [2.75, 3.05) is 0 Å². The predicted octanol–water partition coefficient (Wildman–Crippen LogP) is 5.21. The fourth-order valence-corrected chi connectivity index (χ4v) is 2.99. The standard InChI is InChI=1S/C18H15NS/c1-14-11-12-17(19-13-14)16-9-5-6-10-18(16)20-15-7-3-2-4-8-15/h2-13H,1H3. The van der Waals surface area contributed by atoms with Gasteiger partial charge in [-0.3, -0.25) is 4.98 Å². The summed E-state index contributed by atoms with van der Waals surface area (Å²) in [6.07, 6.45) is 1.92. The molecule has 0 spiro atoms. The van der Waals surface area contributed by atoms with E-state index in [1.54, 1.807) is 11.8 Å². The van der Waals surface area contributed by atoms with Crippen molar-refractivity contribution in [2.45, 2.75) is 16.7 Å². The molecule has 1 nitrogen and oxygen atoms in total. The van der Waals surface area contributed by atoms with Crippen molar-refractivity contribution in [1.29, 1.82) is 0 Å². The van der Waals surface area contributed by atoms with Crippen molar-refractivity contribution >= 4 is 11.8 Å². The quantitative estimate of drug-likeness (QED) is 0.652. The molecule has 0 N–H and O–H groups in total. The van der Waals surface area contributed by atoms with Crippen LogP contribution in [0.1, 0.15) is 5.56 Å². The molecule has 0 unspecified atom stereocenters. The highest BCUT2D eigenvalue weighted by Crippen LogP contribution is 2.34. The molecule has 0 atom stereocenters. The number of hydrogen-bond donors (Lipinski definition) is 0. The van der Waals surface area contributed by atoms with Crippen LogP contribution in [0.5, 0.6) is 0 Å². The van der Waals surface area contributed by atoms with Crippen LogP contribution in [0.25, 0.3) is 11.3 Å². The van der Waals surface area contributed by atoms with Gasteiger partial charge in [0.15, 0.2) is 0 Å². The van der Waals surface area contributed by atoms with Gasteiger partial charge in [0.25, 0.3) is 0 Å². The maximum atomic E-state index is 4.54. The Kier molecular flexibility index (Phi) is 3.84. The third-order valence-electron chi connectivity index (χ3n) is 3.05. The zero-order valence-corrected chi connectivity index (χ0v) is 12.1. The van der Waals surface area contributed by atoms with Gasteiger partial charge in [-0.2, -0.15) is 0 Å². The fraction of sp³-hybridized carbons (Fsp3) is 0.0556. The highest BCUT2D eigenvalue weighted by atomic mass is 32.2. The highest BCUT2D eigenvalue weighted by Gasteiger charge is 2.07. The first-order chi connectivity index (χ1) is 9.83. The Hall–Kier alpha value is -2.06. The van der Waals surface area contributed by atoms with E-state index in [4.69, 9.17) is 0 Å². The normalized spacial score (nSPS) is 10.4. The van der Waals surface area contributed by atoms with Crippen LogP contribution < -0.4 is 0 Å². The summed E-state index contributed by atoms with van der Waals surface area (Å²) >= 11 is 1.77. The summed E-state index contributed by atoms with van der Waals surface area (Å²) < 4.78 is 0. The Balaban J connectivity index is 1.98. The van der Waals surface area contributed by atoms with E-state index in [2.05, 4.69) is 72.6 Å². The van der Waals surface area contributed by atoms with Gasteiger partial charge < -0.3 is 0 Å². The molecule has 0 saturated carbocycles.